The maximum atomic E-state index is 13.2. The third kappa shape index (κ3) is 6.24. The molecule has 0 aliphatic rings. The highest BCUT2D eigenvalue weighted by molar-refractivity contribution is 7.99. The van der Waals surface area contributed by atoms with Crippen molar-refractivity contribution in [2.75, 3.05) is 0 Å². The van der Waals surface area contributed by atoms with Gasteiger partial charge in [-0.1, -0.05) is 23.5 Å². The third-order valence-corrected chi connectivity index (χ3v) is 5.70. The van der Waals surface area contributed by atoms with Crippen LogP contribution in [0.15, 0.2) is 94.3 Å². The van der Waals surface area contributed by atoms with E-state index in [2.05, 4.69) is 11.7 Å². The van der Waals surface area contributed by atoms with Crippen molar-refractivity contribution in [1.82, 2.24) is 0 Å². The highest BCUT2D eigenvalue weighted by Gasteiger charge is 2.21. The van der Waals surface area contributed by atoms with Gasteiger partial charge in [0, 0.05) is 51.3 Å². The summed E-state index contributed by atoms with van der Waals surface area (Å²) in [5.41, 5.74) is 0.523. The van der Waals surface area contributed by atoms with Gasteiger partial charge in [0.1, 0.15) is 0 Å². The predicted octanol–water partition coefficient (Wildman–Crippen LogP) is 5.28. The van der Waals surface area contributed by atoms with E-state index in [-0.39, 0.29) is 28.2 Å². The molecule has 0 radical (unpaired) electrons. The number of nitro groups is 2. The van der Waals surface area contributed by atoms with Gasteiger partial charge in [-0.3, -0.25) is 25.0 Å². The van der Waals surface area contributed by atoms with Crippen LogP contribution in [-0.2, 0) is 9.63 Å². The van der Waals surface area contributed by atoms with Gasteiger partial charge in [0.25, 0.3) is 11.4 Å². The number of nitrogens with zero attached hydrogens (tertiary/aromatic N) is 3. The quantitative estimate of drug-likeness (QED) is 0.0982. The number of hydrogen-bond acceptors (Lipinski definition) is 9. The summed E-state index contributed by atoms with van der Waals surface area (Å²) in [6.45, 7) is 4.85. The molecular formula is C24H17N3O7S. The average Bonchev–Trinajstić information content (AvgIpc) is 2.85. The monoisotopic (exact) mass is 491 g/mol. The van der Waals surface area contributed by atoms with Crippen molar-refractivity contribution in [3.63, 3.8) is 0 Å². The van der Waals surface area contributed by atoms with E-state index in [4.69, 9.17) is 4.84 Å². The first-order valence-corrected chi connectivity index (χ1v) is 10.7. The minimum Gasteiger partial charge on any atom is -0.313 e. The van der Waals surface area contributed by atoms with Crippen LogP contribution in [0.5, 0.6) is 0 Å². The highest BCUT2D eigenvalue weighted by Crippen LogP contribution is 2.29. The molecule has 10 nitrogen and oxygen atoms in total. The Labute approximate surface area is 203 Å². The molecule has 0 fully saturated rings. The van der Waals surface area contributed by atoms with Gasteiger partial charge in [-0.15, -0.1) is 0 Å². The Bertz CT molecular complexity index is 1350. The van der Waals surface area contributed by atoms with E-state index >= 15 is 0 Å². The number of oxime groups is 1. The number of carbonyl (C=O) groups is 2. The molecule has 35 heavy (non-hydrogen) atoms. The fourth-order valence-corrected chi connectivity index (χ4v) is 3.77. The minimum absolute atomic E-state index is 0.0131. The zero-order valence-electron chi connectivity index (χ0n) is 18.2. The van der Waals surface area contributed by atoms with Crippen LogP contribution in [0.1, 0.15) is 21.5 Å². The summed E-state index contributed by atoms with van der Waals surface area (Å²) in [6, 6.07) is 16.4. The molecule has 0 aliphatic carbocycles. The van der Waals surface area contributed by atoms with Crippen LogP contribution in [0.3, 0.4) is 0 Å². The Kier molecular flexibility index (Phi) is 7.85. The van der Waals surface area contributed by atoms with Crippen molar-refractivity contribution >= 4 is 40.6 Å². The van der Waals surface area contributed by atoms with Gasteiger partial charge < -0.3 is 4.84 Å². The smallest absolute Gasteiger partial charge is 0.313 e. The Morgan fingerprint density at radius 1 is 0.914 bits per heavy atom. The lowest BCUT2D eigenvalue weighted by Crippen LogP contribution is -2.18. The number of benzene rings is 3. The first-order chi connectivity index (χ1) is 16.7. The molecule has 176 valence electrons. The molecule has 0 saturated carbocycles. The number of non-ortho nitro benzene ring substituents is 2. The molecule has 11 heteroatoms. The molecule has 0 N–H and O–H groups in total. The second kappa shape index (κ2) is 11.0. The van der Waals surface area contributed by atoms with Crippen LogP contribution in [0.4, 0.5) is 11.4 Å². The zero-order valence-corrected chi connectivity index (χ0v) is 19.1. The number of aryl methyl sites for hydroxylation is 1. The van der Waals surface area contributed by atoms with Gasteiger partial charge >= 0.3 is 5.97 Å². The highest BCUT2D eigenvalue weighted by atomic mass is 32.2. The standard InChI is InChI=1S/C24H17N3O7S/c1-3-22(28)34-25-23(21-13-8-18(27(32)33)14-15(21)2)24(29)16-4-9-19(10-5-16)35-20-11-6-17(7-12-20)26(30)31/h3-14H,1H2,2H3/b25-23+. The summed E-state index contributed by atoms with van der Waals surface area (Å²) in [4.78, 5) is 51.8. The molecule has 0 unspecified atom stereocenters. The molecule has 3 aromatic rings. The second-order valence-corrected chi connectivity index (χ2v) is 8.16. The molecule has 3 aromatic carbocycles. The SMILES string of the molecule is C=CC(=O)O/N=C(/C(=O)c1ccc(Sc2ccc([N+](=O)[O-])cc2)cc1)c1ccc([N+](=O)[O-])cc1C. The van der Waals surface area contributed by atoms with E-state index in [1.807, 2.05) is 0 Å². The van der Waals surface area contributed by atoms with Crippen molar-refractivity contribution in [1.29, 1.82) is 0 Å². The lowest BCUT2D eigenvalue weighted by Gasteiger charge is -2.09. The van der Waals surface area contributed by atoms with Gasteiger partial charge in [0.2, 0.25) is 5.78 Å². The van der Waals surface area contributed by atoms with Crippen LogP contribution in [0, 0.1) is 27.2 Å². The van der Waals surface area contributed by atoms with Gasteiger partial charge in [-0.2, -0.15) is 0 Å². The fraction of sp³-hybridized carbons (Fsp3) is 0.0417. The van der Waals surface area contributed by atoms with E-state index in [1.165, 1.54) is 42.1 Å². The molecule has 0 amide bonds. The summed E-state index contributed by atoms with van der Waals surface area (Å²) in [6.07, 6.45) is 0.887. The van der Waals surface area contributed by atoms with Crippen molar-refractivity contribution in [2.45, 2.75) is 16.7 Å². The Morgan fingerprint density at radius 2 is 1.46 bits per heavy atom. The minimum atomic E-state index is -0.871. The lowest BCUT2D eigenvalue weighted by atomic mass is 9.97. The van der Waals surface area contributed by atoms with Gasteiger partial charge in [-0.25, -0.2) is 4.79 Å². The van der Waals surface area contributed by atoms with Gasteiger partial charge in [0.05, 0.1) is 9.85 Å². The van der Waals surface area contributed by atoms with Crippen molar-refractivity contribution < 1.29 is 24.3 Å². The molecule has 0 aromatic heterocycles. The number of Topliss-reactive ketones (excluding diaryl/α,β-unsaturated/α-hetero) is 1. The van der Waals surface area contributed by atoms with Crippen LogP contribution >= 0.6 is 11.8 Å². The molecule has 0 saturated heterocycles. The first-order valence-electron chi connectivity index (χ1n) is 9.93. The first kappa shape index (κ1) is 25.0. The molecule has 0 heterocycles. The second-order valence-electron chi connectivity index (χ2n) is 7.02. The van der Waals surface area contributed by atoms with Crippen molar-refractivity contribution in [3.8, 4) is 0 Å². The maximum absolute atomic E-state index is 13.2. The number of hydrogen-bond donors (Lipinski definition) is 0. The molecule has 0 spiro atoms. The van der Waals surface area contributed by atoms with E-state index in [1.54, 1.807) is 43.3 Å². The van der Waals surface area contributed by atoms with E-state index in [0.29, 0.717) is 5.56 Å². The van der Waals surface area contributed by atoms with Crippen LogP contribution in [0.25, 0.3) is 0 Å². The Balaban J connectivity index is 1.88. The third-order valence-electron chi connectivity index (χ3n) is 4.68. The molecule has 0 aliphatic heterocycles. The van der Waals surface area contributed by atoms with Gasteiger partial charge in [-0.05, 0) is 55.0 Å². The predicted molar refractivity (Wildman–Crippen MR) is 129 cm³/mol. The van der Waals surface area contributed by atoms with Crippen LogP contribution in [-0.4, -0.2) is 27.3 Å². The van der Waals surface area contributed by atoms with E-state index in [9.17, 15) is 29.8 Å². The van der Waals surface area contributed by atoms with E-state index in [0.717, 1.165) is 15.9 Å². The van der Waals surface area contributed by atoms with Gasteiger partial charge in [0.15, 0.2) is 5.71 Å². The van der Waals surface area contributed by atoms with Crippen LogP contribution < -0.4 is 0 Å². The average molecular weight is 491 g/mol. The number of rotatable bonds is 9. The Hall–Kier alpha value is -4.64. The molecule has 0 atom stereocenters. The Morgan fingerprint density at radius 3 is 1.97 bits per heavy atom. The zero-order chi connectivity index (χ0) is 25.5. The number of nitro benzene ring substituents is 2. The molecule has 3 rings (SSSR count). The molecular weight excluding hydrogens is 474 g/mol. The number of ketones is 1. The van der Waals surface area contributed by atoms with E-state index < -0.39 is 21.6 Å². The van der Waals surface area contributed by atoms with Crippen molar-refractivity contribution in [3.05, 3.63) is 116 Å². The largest absolute Gasteiger partial charge is 0.358 e. The summed E-state index contributed by atoms with van der Waals surface area (Å²) in [5, 5.41) is 25.5. The summed E-state index contributed by atoms with van der Waals surface area (Å²) < 4.78 is 0. The molecule has 0 bridgehead atoms. The van der Waals surface area contributed by atoms with Crippen molar-refractivity contribution in [2.24, 2.45) is 5.16 Å². The topological polar surface area (TPSA) is 142 Å². The summed E-state index contributed by atoms with van der Waals surface area (Å²) in [7, 11) is 0. The normalized spacial score (nSPS) is 10.9. The maximum Gasteiger partial charge on any atom is 0.358 e. The van der Waals surface area contributed by atoms with Crippen LogP contribution in [0.2, 0.25) is 0 Å². The summed E-state index contributed by atoms with van der Waals surface area (Å²) in [5.74, 6) is -1.43. The fourth-order valence-electron chi connectivity index (χ4n) is 2.95. The number of carbonyl (C=O) groups excluding carboxylic acids is 2. The lowest BCUT2D eigenvalue weighted by molar-refractivity contribution is -0.385. The summed E-state index contributed by atoms with van der Waals surface area (Å²) >= 11 is 1.35.